The van der Waals surface area contributed by atoms with Gasteiger partial charge >= 0.3 is 0 Å². The number of fused-ring (bicyclic) bond motifs is 1. The van der Waals surface area contributed by atoms with Crippen LogP contribution in [0.25, 0.3) is 10.8 Å². The van der Waals surface area contributed by atoms with Crippen LogP contribution in [-0.4, -0.2) is 34.6 Å². The van der Waals surface area contributed by atoms with E-state index in [0.29, 0.717) is 45.2 Å². The molecule has 0 spiro atoms. The normalized spacial score (nSPS) is 16.7. The molecule has 1 aliphatic rings. The van der Waals surface area contributed by atoms with E-state index in [1.165, 1.54) is 0 Å². The maximum atomic E-state index is 13.0. The summed E-state index contributed by atoms with van der Waals surface area (Å²) in [7, 11) is 0. The van der Waals surface area contributed by atoms with Crippen molar-refractivity contribution in [3.63, 3.8) is 0 Å². The predicted molar refractivity (Wildman–Crippen MR) is 116 cm³/mol. The van der Waals surface area contributed by atoms with Crippen LogP contribution in [0.5, 0.6) is 0 Å². The Labute approximate surface area is 182 Å². The predicted octanol–water partition coefficient (Wildman–Crippen LogP) is 3.08. The van der Waals surface area contributed by atoms with Gasteiger partial charge in [0.15, 0.2) is 0 Å². The minimum atomic E-state index is -0.660. The van der Waals surface area contributed by atoms with Gasteiger partial charge in [-0.1, -0.05) is 41.4 Å². The lowest BCUT2D eigenvalue weighted by atomic mass is 10.0. The third kappa shape index (κ3) is 4.04. The van der Waals surface area contributed by atoms with Crippen molar-refractivity contribution in [2.24, 2.45) is 0 Å². The van der Waals surface area contributed by atoms with Crippen LogP contribution in [-0.2, 0) is 16.0 Å². The van der Waals surface area contributed by atoms with Gasteiger partial charge in [0.1, 0.15) is 6.04 Å². The monoisotopic (exact) mass is 444 g/mol. The molecular weight excluding hydrogens is 427 g/mol. The number of aromatic nitrogens is 2. The van der Waals surface area contributed by atoms with Crippen LogP contribution in [0, 0.1) is 0 Å². The number of hydrogen-bond acceptors (Lipinski definition) is 4. The number of piperidine rings is 1. The van der Waals surface area contributed by atoms with Crippen molar-refractivity contribution in [3.05, 3.63) is 68.6 Å². The van der Waals surface area contributed by atoms with E-state index >= 15 is 0 Å². The van der Waals surface area contributed by atoms with E-state index in [0.717, 1.165) is 6.42 Å². The van der Waals surface area contributed by atoms with Crippen LogP contribution >= 0.6 is 23.2 Å². The van der Waals surface area contributed by atoms with Gasteiger partial charge in [0.2, 0.25) is 11.8 Å². The maximum Gasteiger partial charge on any atom is 0.272 e. The van der Waals surface area contributed by atoms with E-state index in [9.17, 15) is 14.4 Å². The molecule has 0 aliphatic carbocycles. The van der Waals surface area contributed by atoms with Gasteiger partial charge in [-0.15, -0.1) is 0 Å². The Balaban J connectivity index is 1.50. The van der Waals surface area contributed by atoms with Crippen LogP contribution in [0.1, 0.15) is 18.5 Å². The molecule has 3 aromatic rings. The van der Waals surface area contributed by atoms with Crippen molar-refractivity contribution in [2.45, 2.75) is 25.3 Å². The summed E-state index contributed by atoms with van der Waals surface area (Å²) in [6, 6.07) is 11.2. The summed E-state index contributed by atoms with van der Waals surface area (Å²) in [5.74, 6) is -0.569. The topological polar surface area (TPSA) is 95.2 Å². The molecular formula is C21H18Cl2N4O3. The molecule has 4 rings (SSSR count). The average molecular weight is 445 g/mol. The maximum absolute atomic E-state index is 13.0. The van der Waals surface area contributed by atoms with Crippen LogP contribution < -0.4 is 15.8 Å². The highest BCUT2D eigenvalue weighted by molar-refractivity contribution is 6.36. The zero-order chi connectivity index (χ0) is 21.3. The lowest BCUT2D eigenvalue weighted by molar-refractivity contribution is -0.128. The molecule has 1 aromatic heterocycles. The van der Waals surface area contributed by atoms with E-state index in [-0.39, 0.29) is 23.8 Å². The van der Waals surface area contributed by atoms with Crippen LogP contribution in [0.15, 0.2) is 47.3 Å². The lowest BCUT2D eigenvalue weighted by Crippen LogP contribution is -2.52. The second-order valence-electron chi connectivity index (χ2n) is 7.07. The minimum Gasteiger partial charge on any atom is -0.344 e. The zero-order valence-electron chi connectivity index (χ0n) is 15.8. The van der Waals surface area contributed by atoms with Crippen LogP contribution in [0.2, 0.25) is 10.0 Å². The molecule has 1 aliphatic heterocycles. The highest BCUT2D eigenvalue weighted by atomic mass is 35.5. The van der Waals surface area contributed by atoms with Gasteiger partial charge in [0, 0.05) is 17.0 Å². The van der Waals surface area contributed by atoms with Crippen molar-refractivity contribution >= 4 is 51.5 Å². The molecule has 0 saturated carbocycles. The molecule has 1 saturated heterocycles. The number of carbonyl (C=O) groups excluding carboxylic acids is 2. The van der Waals surface area contributed by atoms with Gasteiger partial charge in [-0.25, -0.2) is 5.10 Å². The number of benzene rings is 2. The summed E-state index contributed by atoms with van der Waals surface area (Å²) in [5, 5.41) is 11.2. The number of amides is 2. The van der Waals surface area contributed by atoms with Crippen LogP contribution in [0.4, 0.5) is 5.69 Å². The number of aromatic amines is 1. The van der Waals surface area contributed by atoms with Crippen molar-refractivity contribution in [1.29, 1.82) is 0 Å². The molecule has 0 bridgehead atoms. The highest BCUT2D eigenvalue weighted by Crippen LogP contribution is 2.31. The first kappa shape index (κ1) is 20.4. The average Bonchev–Trinajstić information content (AvgIpc) is 2.72. The van der Waals surface area contributed by atoms with E-state index in [2.05, 4.69) is 15.5 Å². The number of nitrogens with zero attached hydrogens (tertiary/aromatic N) is 2. The number of halogens is 2. The van der Waals surface area contributed by atoms with Gasteiger partial charge in [-0.2, -0.15) is 5.10 Å². The number of carbonyl (C=O) groups is 2. The summed E-state index contributed by atoms with van der Waals surface area (Å²) in [4.78, 5) is 39.1. The Kier molecular flexibility index (Phi) is 5.74. The Hall–Kier alpha value is -2.90. The van der Waals surface area contributed by atoms with Gasteiger partial charge in [0.25, 0.3) is 5.56 Å². The molecule has 9 heteroatoms. The Bertz CT molecular complexity index is 1190. The van der Waals surface area contributed by atoms with E-state index < -0.39 is 6.04 Å². The van der Waals surface area contributed by atoms with Crippen molar-refractivity contribution in [1.82, 2.24) is 15.5 Å². The summed E-state index contributed by atoms with van der Waals surface area (Å²) in [6.07, 6.45) is 1.20. The van der Waals surface area contributed by atoms with Crippen molar-refractivity contribution in [3.8, 4) is 0 Å². The van der Waals surface area contributed by atoms with E-state index in [1.54, 1.807) is 47.4 Å². The summed E-state index contributed by atoms with van der Waals surface area (Å²) < 4.78 is 0. The fraction of sp³-hybridized carbons (Fsp3) is 0.238. The second-order valence-corrected chi connectivity index (χ2v) is 7.91. The molecule has 2 heterocycles. The first-order valence-corrected chi connectivity index (χ1v) is 10.2. The van der Waals surface area contributed by atoms with Crippen molar-refractivity contribution in [2.75, 3.05) is 11.4 Å². The summed E-state index contributed by atoms with van der Waals surface area (Å²) in [5.41, 5.74) is 0.703. The highest BCUT2D eigenvalue weighted by Gasteiger charge is 2.32. The quantitative estimate of drug-likeness (QED) is 0.646. The second kappa shape index (κ2) is 8.45. The van der Waals surface area contributed by atoms with Crippen molar-refractivity contribution < 1.29 is 9.59 Å². The number of hydrogen-bond donors (Lipinski definition) is 2. The van der Waals surface area contributed by atoms with Gasteiger partial charge in [0.05, 0.1) is 28.2 Å². The first-order chi connectivity index (χ1) is 14.4. The zero-order valence-corrected chi connectivity index (χ0v) is 17.3. The molecule has 1 fully saturated rings. The molecule has 2 N–H and O–H groups in total. The van der Waals surface area contributed by atoms with Crippen LogP contribution in [0.3, 0.4) is 0 Å². The third-order valence-corrected chi connectivity index (χ3v) is 5.62. The standard InChI is InChI=1S/C21H18Cl2N4O3/c22-12-7-8-18(15(23)10-12)27-9-3-6-16(21(27)30)24-19(28)11-17-13-4-1-2-5-14(13)20(29)26-25-17/h1-2,4-5,7-8,10,16H,3,6,9,11H2,(H,24,28)(H,26,29). The minimum absolute atomic E-state index is 0.0528. The Morgan fingerprint density at radius 3 is 2.70 bits per heavy atom. The number of rotatable bonds is 4. The molecule has 2 amide bonds. The SMILES string of the molecule is O=C(Cc1n[nH]c(=O)c2ccccc12)NC1CCCN(c2ccc(Cl)cc2Cl)C1=O. The summed E-state index contributed by atoms with van der Waals surface area (Å²) in [6.45, 7) is 0.513. The fourth-order valence-electron chi connectivity index (χ4n) is 3.65. The van der Waals surface area contributed by atoms with Gasteiger partial charge in [-0.05, 0) is 37.1 Å². The van der Waals surface area contributed by atoms with E-state index in [1.807, 2.05) is 0 Å². The van der Waals surface area contributed by atoms with Gasteiger partial charge < -0.3 is 10.2 Å². The Morgan fingerprint density at radius 2 is 1.93 bits per heavy atom. The smallest absolute Gasteiger partial charge is 0.272 e. The molecule has 2 aromatic carbocycles. The third-order valence-electron chi connectivity index (χ3n) is 5.08. The molecule has 1 atom stereocenters. The summed E-state index contributed by atoms with van der Waals surface area (Å²) >= 11 is 12.2. The molecule has 1 unspecified atom stereocenters. The molecule has 0 radical (unpaired) electrons. The molecule has 30 heavy (non-hydrogen) atoms. The fourth-order valence-corrected chi connectivity index (χ4v) is 4.16. The first-order valence-electron chi connectivity index (χ1n) is 9.46. The Morgan fingerprint density at radius 1 is 1.17 bits per heavy atom. The number of nitrogens with one attached hydrogen (secondary N) is 2. The largest absolute Gasteiger partial charge is 0.344 e. The van der Waals surface area contributed by atoms with E-state index in [4.69, 9.17) is 23.2 Å². The van der Waals surface area contributed by atoms with Gasteiger partial charge in [-0.3, -0.25) is 14.4 Å². The molecule has 154 valence electrons. The number of anilines is 1. The molecule has 7 nitrogen and oxygen atoms in total. The number of H-pyrrole nitrogens is 1. The lowest BCUT2D eigenvalue weighted by Gasteiger charge is -2.33.